The van der Waals surface area contributed by atoms with Crippen LogP contribution in [0.4, 0.5) is 4.79 Å². The van der Waals surface area contributed by atoms with E-state index in [9.17, 15) is 20.0 Å². The number of aryl methyl sites for hydroxylation is 1. The number of ether oxygens (including phenoxy) is 8. The molecule has 2 aromatic carbocycles. The Morgan fingerprint density at radius 1 is 1.11 bits per heavy atom. The number of piperazine rings is 1. The molecule has 17 heteroatoms. The zero-order valence-corrected chi connectivity index (χ0v) is 38.0. The Balaban J connectivity index is 0.00000514. The summed E-state index contributed by atoms with van der Waals surface area (Å²) in [5, 5.41) is 25.4. The van der Waals surface area contributed by atoms with Crippen LogP contribution in [0.15, 0.2) is 6.07 Å². The predicted octanol–water partition coefficient (Wildman–Crippen LogP) is 4.20. The van der Waals surface area contributed by atoms with Crippen molar-refractivity contribution in [1.29, 1.82) is 5.26 Å². The molecule has 1 unspecified atom stereocenters. The van der Waals surface area contributed by atoms with E-state index < -0.39 is 53.1 Å². The van der Waals surface area contributed by atoms with Crippen LogP contribution in [0, 0.1) is 69.2 Å². The summed E-state index contributed by atoms with van der Waals surface area (Å²) in [4.78, 5) is 31.1. The molecule has 2 saturated heterocycles. The zero-order valence-electron chi connectivity index (χ0n) is 32.4. The van der Waals surface area contributed by atoms with Gasteiger partial charge in [0, 0.05) is 91.3 Å². The van der Waals surface area contributed by atoms with Gasteiger partial charge in [-0.05, 0) is 59.2 Å². The second kappa shape index (κ2) is 16.6. The Morgan fingerprint density at radius 2 is 1.85 bits per heavy atom. The van der Waals surface area contributed by atoms with Crippen LogP contribution in [-0.2, 0) is 30.2 Å². The number of nitrogens with one attached hydrogen (secondary N) is 1. The van der Waals surface area contributed by atoms with Gasteiger partial charge in [0.15, 0.2) is 29.8 Å². The van der Waals surface area contributed by atoms with E-state index in [2.05, 4.69) is 27.3 Å². The van der Waals surface area contributed by atoms with Crippen molar-refractivity contribution in [3.8, 4) is 34.8 Å². The van der Waals surface area contributed by atoms with Gasteiger partial charge in [-0.3, -0.25) is 9.80 Å². The van der Waals surface area contributed by atoms with Gasteiger partial charge in [0.1, 0.15) is 30.0 Å². The van der Waals surface area contributed by atoms with Gasteiger partial charge in [0.2, 0.25) is 6.79 Å². The van der Waals surface area contributed by atoms with E-state index in [0.717, 1.165) is 16.7 Å². The van der Waals surface area contributed by atoms with Gasteiger partial charge >= 0.3 is 12.1 Å². The Hall–Kier alpha value is -2.70. The minimum atomic E-state index is -1.07. The number of aromatic hydroxyl groups is 1. The van der Waals surface area contributed by atoms with E-state index in [0.29, 0.717) is 59.3 Å². The van der Waals surface area contributed by atoms with Gasteiger partial charge in [0.25, 0.3) is 0 Å². The first kappa shape index (κ1) is 41.9. The molecule has 5 aliphatic rings. The van der Waals surface area contributed by atoms with Crippen LogP contribution >= 0.6 is 11.8 Å². The number of rotatable bonds is 8. The quantitative estimate of drug-likeness (QED) is 0.219. The summed E-state index contributed by atoms with van der Waals surface area (Å²) in [6.07, 6.45) is -0.217. The number of thioether (sulfide) groups is 1. The van der Waals surface area contributed by atoms with E-state index in [1.807, 2.05) is 14.0 Å². The second-order valence-corrected chi connectivity index (χ2v) is 16.3. The first-order chi connectivity index (χ1) is 25.8. The summed E-state index contributed by atoms with van der Waals surface area (Å²) in [7, 11) is 5.22. The molecule has 0 aromatic heterocycles. The minimum absolute atomic E-state index is 0. The molecule has 55 heavy (non-hydrogen) atoms. The van der Waals surface area contributed by atoms with E-state index in [1.165, 1.54) is 11.8 Å². The van der Waals surface area contributed by atoms with Gasteiger partial charge in [-0.15, -0.1) is 11.8 Å². The largest absolute Gasteiger partial charge is 0.507 e. The van der Waals surface area contributed by atoms with Gasteiger partial charge in [-0.2, -0.15) is 5.26 Å². The molecule has 4 bridgehead atoms. The number of fused-ring (bicyclic) bond motifs is 9. The molecule has 7 atom stereocenters. The summed E-state index contributed by atoms with van der Waals surface area (Å²) >= 11 is 1.39. The molecule has 7 rings (SSSR count). The zero-order chi connectivity index (χ0) is 38.6. The summed E-state index contributed by atoms with van der Waals surface area (Å²) in [5.74, 6) is 1.47. The van der Waals surface area contributed by atoms with Crippen LogP contribution < -0.4 is 24.3 Å². The summed E-state index contributed by atoms with van der Waals surface area (Å²) in [5.41, 5.74) is 3.76. The fraction of sp³-hybridized carbons (Fsp3) is 0.605. The SMILES string of the molecule is COCCOCOc1c(OC)c(C)cc2c1[C@@H]1C3[C@@H]4SC[C@H](NC(=O)OC(C)(C)C)C(=O)OC[C@@H](c5c6c(c(C)c(O)c54)OCO6)N3[C@@H](C#N)[C@H](C2)N1C.[Ac]. The van der Waals surface area contributed by atoms with Crippen LogP contribution in [0.1, 0.15) is 71.5 Å². The van der Waals surface area contributed by atoms with Crippen molar-refractivity contribution in [2.24, 2.45) is 0 Å². The van der Waals surface area contributed by atoms with Crippen molar-refractivity contribution in [2.75, 3.05) is 60.4 Å². The van der Waals surface area contributed by atoms with Crippen LogP contribution in [0.25, 0.3) is 0 Å². The van der Waals surface area contributed by atoms with E-state index in [4.69, 9.17) is 37.9 Å². The summed E-state index contributed by atoms with van der Waals surface area (Å²) in [6, 6.07) is 1.11. The van der Waals surface area contributed by atoms with Crippen molar-refractivity contribution >= 4 is 23.8 Å². The van der Waals surface area contributed by atoms with Crippen molar-refractivity contribution in [3.05, 3.63) is 39.4 Å². The molecule has 2 N–H and O–H groups in total. The molecule has 0 saturated carbocycles. The monoisotopic (exact) mass is 995 g/mol. The second-order valence-electron chi connectivity index (χ2n) is 15.1. The number of cyclic esters (lactones) is 1. The van der Waals surface area contributed by atoms with E-state index in [-0.39, 0.29) is 81.8 Å². The maximum absolute atomic E-state index is 13.8. The number of benzene rings is 2. The number of phenols is 1. The number of amides is 1. The fourth-order valence-corrected chi connectivity index (χ4v) is 10.2. The molecular formula is C38H48AcN4O11S. The number of hydrogen-bond acceptors (Lipinski definition) is 15. The minimum Gasteiger partial charge on any atom is -0.507 e. The average molecular weight is 996 g/mol. The first-order valence-corrected chi connectivity index (χ1v) is 19.1. The molecule has 5 heterocycles. The maximum Gasteiger partial charge on any atom is 0.408 e. The first-order valence-electron chi connectivity index (χ1n) is 18.0. The average Bonchev–Trinajstić information content (AvgIpc) is 3.61. The summed E-state index contributed by atoms with van der Waals surface area (Å²) < 4.78 is 46.9. The Bertz CT molecular complexity index is 1870. The number of alkyl carbamates (subject to hydrolysis) is 1. The number of methoxy groups -OCH3 is 2. The molecule has 15 nitrogen and oxygen atoms in total. The molecule has 1 amide bonds. The third kappa shape index (κ3) is 7.46. The molecule has 2 fully saturated rings. The van der Waals surface area contributed by atoms with Crippen molar-refractivity contribution < 1.29 is 96.7 Å². The Morgan fingerprint density at radius 3 is 2.55 bits per heavy atom. The third-order valence-corrected chi connectivity index (χ3v) is 12.2. The summed E-state index contributed by atoms with van der Waals surface area (Å²) in [6.45, 7) is 9.44. The number of esters is 1. The predicted molar refractivity (Wildman–Crippen MR) is 195 cm³/mol. The van der Waals surface area contributed by atoms with Gasteiger partial charge in [0.05, 0.1) is 43.7 Å². The van der Waals surface area contributed by atoms with Crippen molar-refractivity contribution in [2.45, 2.75) is 88.1 Å². The third-order valence-electron chi connectivity index (χ3n) is 10.8. The number of likely N-dealkylation sites (N-methyl/N-ethyl adjacent to an activating group) is 1. The number of carbonyl (C=O) groups is 2. The molecule has 5 aliphatic heterocycles. The van der Waals surface area contributed by atoms with Crippen LogP contribution in [0.2, 0.25) is 0 Å². The Labute approximate surface area is 361 Å². The van der Waals surface area contributed by atoms with E-state index in [1.54, 1.807) is 41.9 Å². The Kier molecular flexibility index (Phi) is 12.7. The number of carbonyl (C=O) groups excluding carboxylic acids is 2. The topological polar surface area (TPSA) is 171 Å². The molecule has 2 aromatic rings. The van der Waals surface area contributed by atoms with Gasteiger partial charge in [-0.25, -0.2) is 9.59 Å². The van der Waals surface area contributed by atoms with E-state index >= 15 is 0 Å². The molecule has 0 spiro atoms. The van der Waals surface area contributed by atoms with Crippen LogP contribution in [0.3, 0.4) is 0 Å². The molecule has 0 aliphatic carbocycles. The number of nitriles is 1. The molecule has 1 radical (unpaired) electrons. The maximum atomic E-state index is 13.8. The molecule has 295 valence electrons. The van der Waals surface area contributed by atoms with Crippen LogP contribution in [-0.4, -0.2) is 117 Å². The standard InChI is InChI=1S/C38H48N4O11S.Ac/c1-18-11-20-12-22-23(13-39)42-24-14-49-36(44)21(40-37(45)53-38(3,4)5)15-54-35(27-26(24)34-32(51-17-52-34)19(2)30(27)43)29(42)28(41(22)6)25(20)33(31(18)47-8)50-16-48-10-9-46-7;/h11,21-24,28-29,35,43H,9-10,12,14-17H2,1-8H3,(H,40,45);/t21-,22-,23-,24-,28+,29?,35+;/m0./s1. The number of phenolic OH excluding ortho intramolecular Hbond substituents is 1. The molecular weight excluding hydrogens is 948 g/mol. The van der Waals surface area contributed by atoms with Gasteiger partial charge in [-0.1, -0.05) is 6.07 Å². The number of hydrogen-bond donors (Lipinski definition) is 2. The van der Waals surface area contributed by atoms with Gasteiger partial charge < -0.3 is 48.3 Å². The van der Waals surface area contributed by atoms with Crippen molar-refractivity contribution in [3.63, 3.8) is 0 Å². The normalized spacial score (nSPS) is 26.7. The van der Waals surface area contributed by atoms with Crippen LogP contribution in [0.5, 0.6) is 28.7 Å². The fourth-order valence-electron chi connectivity index (χ4n) is 8.68. The number of nitrogens with zero attached hydrogens (tertiary/aromatic N) is 3. The smallest absolute Gasteiger partial charge is 0.408 e. The van der Waals surface area contributed by atoms with Crippen molar-refractivity contribution in [1.82, 2.24) is 15.1 Å².